The molecule has 0 aliphatic rings. The Morgan fingerprint density at radius 3 is 2.89 bits per heavy atom. The zero-order valence-electron chi connectivity index (χ0n) is 10.7. The van der Waals surface area contributed by atoms with Crippen LogP contribution in [0.4, 0.5) is 0 Å². The SMILES string of the molecule is Cc1ccc(CNCCc2nncn2C)c(Cl)c1. The lowest BCUT2D eigenvalue weighted by atomic mass is 10.1. The normalized spacial score (nSPS) is 10.8. The highest BCUT2D eigenvalue weighted by molar-refractivity contribution is 6.31. The van der Waals surface area contributed by atoms with Gasteiger partial charge in [0.2, 0.25) is 0 Å². The van der Waals surface area contributed by atoms with Gasteiger partial charge in [0.25, 0.3) is 0 Å². The molecule has 1 N–H and O–H groups in total. The fraction of sp³-hybridized carbons (Fsp3) is 0.385. The summed E-state index contributed by atoms with van der Waals surface area (Å²) >= 11 is 6.17. The Kier molecular flexibility index (Phi) is 4.33. The molecule has 0 saturated heterocycles. The van der Waals surface area contributed by atoms with Gasteiger partial charge in [-0.1, -0.05) is 23.7 Å². The molecule has 4 nitrogen and oxygen atoms in total. The molecule has 0 aliphatic carbocycles. The Bertz CT molecular complexity index is 521. The first-order chi connectivity index (χ1) is 8.66. The molecule has 0 spiro atoms. The molecule has 0 saturated carbocycles. The molecule has 0 aliphatic heterocycles. The van der Waals surface area contributed by atoms with E-state index in [0.29, 0.717) is 0 Å². The highest BCUT2D eigenvalue weighted by Gasteiger charge is 2.02. The number of aromatic nitrogens is 3. The molecule has 0 fully saturated rings. The second-order valence-electron chi connectivity index (χ2n) is 4.38. The van der Waals surface area contributed by atoms with E-state index in [0.717, 1.165) is 35.9 Å². The van der Waals surface area contributed by atoms with Gasteiger partial charge in [-0.25, -0.2) is 0 Å². The van der Waals surface area contributed by atoms with Gasteiger partial charge in [0.15, 0.2) is 0 Å². The van der Waals surface area contributed by atoms with Crippen molar-refractivity contribution in [3.63, 3.8) is 0 Å². The van der Waals surface area contributed by atoms with Crippen LogP contribution in [-0.2, 0) is 20.0 Å². The molecule has 0 amide bonds. The van der Waals surface area contributed by atoms with Gasteiger partial charge >= 0.3 is 0 Å². The van der Waals surface area contributed by atoms with Gasteiger partial charge in [0.1, 0.15) is 12.2 Å². The third-order valence-corrected chi connectivity index (χ3v) is 3.21. The molecular weight excluding hydrogens is 248 g/mol. The van der Waals surface area contributed by atoms with Crippen LogP contribution in [0.3, 0.4) is 0 Å². The lowest BCUT2D eigenvalue weighted by Crippen LogP contribution is -2.18. The van der Waals surface area contributed by atoms with Crippen LogP contribution in [0.5, 0.6) is 0 Å². The highest BCUT2D eigenvalue weighted by atomic mass is 35.5. The molecule has 1 aromatic carbocycles. The van der Waals surface area contributed by atoms with Crippen LogP contribution >= 0.6 is 11.6 Å². The smallest absolute Gasteiger partial charge is 0.133 e. The van der Waals surface area contributed by atoms with E-state index in [9.17, 15) is 0 Å². The predicted octanol–water partition coefficient (Wildman–Crippen LogP) is 2.11. The van der Waals surface area contributed by atoms with Gasteiger partial charge in [-0.2, -0.15) is 0 Å². The first-order valence-corrected chi connectivity index (χ1v) is 6.33. The first kappa shape index (κ1) is 13.1. The number of nitrogens with zero attached hydrogens (tertiary/aromatic N) is 3. The van der Waals surface area contributed by atoms with Gasteiger partial charge in [-0.15, -0.1) is 10.2 Å². The molecule has 0 atom stereocenters. The molecule has 5 heteroatoms. The third kappa shape index (κ3) is 3.31. The molecule has 96 valence electrons. The largest absolute Gasteiger partial charge is 0.321 e. The maximum Gasteiger partial charge on any atom is 0.133 e. The van der Waals surface area contributed by atoms with Crippen molar-refractivity contribution in [3.05, 3.63) is 46.5 Å². The molecule has 1 aromatic heterocycles. The van der Waals surface area contributed by atoms with E-state index >= 15 is 0 Å². The van der Waals surface area contributed by atoms with Crippen molar-refractivity contribution in [1.82, 2.24) is 20.1 Å². The summed E-state index contributed by atoms with van der Waals surface area (Å²) in [6.45, 7) is 3.67. The molecule has 18 heavy (non-hydrogen) atoms. The summed E-state index contributed by atoms with van der Waals surface area (Å²) in [5.41, 5.74) is 2.31. The van der Waals surface area contributed by atoms with Gasteiger partial charge in [-0.3, -0.25) is 0 Å². The van der Waals surface area contributed by atoms with E-state index in [1.165, 1.54) is 5.56 Å². The quantitative estimate of drug-likeness (QED) is 0.841. The van der Waals surface area contributed by atoms with Crippen molar-refractivity contribution in [2.24, 2.45) is 7.05 Å². The summed E-state index contributed by atoms with van der Waals surface area (Å²) in [6.07, 6.45) is 2.58. The minimum atomic E-state index is 0.775. The topological polar surface area (TPSA) is 42.7 Å². The molecule has 2 rings (SSSR count). The van der Waals surface area contributed by atoms with Crippen molar-refractivity contribution in [2.45, 2.75) is 19.9 Å². The van der Waals surface area contributed by atoms with Crippen molar-refractivity contribution in [1.29, 1.82) is 0 Å². The Hall–Kier alpha value is -1.39. The van der Waals surface area contributed by atoms with Gasteiger partial charge in [-0.05, 0) is 24.1 Å². The van der Waals surface area contributed by atoms with E-state index in [4.69, 9.17) is 11.6 Å². The zero-order valence-corrected chi connectivity index (χ0v) is 11.4. The highest BCUT2D eigenvalue weighted by Crippen LogP contribution is 2.17. The summed E-state index contributed by atoms with van der Waals surface area (Å²) in [7, 11) is 1.95. The monoisotopic (exact) mass is 264 g/mol. The zero-order chi connectivity index (χ0) is 13.0. The molecular formula is C13H17ClN4. The predicted molar refractivity (Wildman–Crippen MR) is 72.6 cm³/mol. The Balaban J connectivity index is 1.80. The average Bonchev–Trinajstić information content (AvgIpc) is 2.73. The van der Waals surface area contributed by atoms with Crippen molar-refractivity contribution < 1.29 is 0 Å². The number of aryl methyl sites for hydroxylation is 2. The summed E-state index contributed by atoms with van der Waals surface area (Å²) in [5.74, 6) is 0.984. The van der Waals surface area contributed by atoms with Crippen LogP contribution in [0.1, 0.15) is 17.0 Å². The Morgan fingerprint density at radius 2 is 2.22 bits per heavy atom. The van der Waals surface area contributed by atoms with Crippen LogP contribution in [-0.4, -0.2) is 21.3 Å². The van der Waals surface area contributed by atoms with E-state index in [-0.39, 0.29) is 0 Å². The number of hydrogen-bond acceptors (Lipinski definition) is 3. The van der Waals surface area contributed by atoms with Gasteiger partial charge < -0.3 is 9.88 Å². The van der Waals surface area contributed by atoms with Gasteiger partial charge in [0, 0.05) is 31.6 Å². The second-order valence-corrected chi connectivity index (χ2v) is 4.79. The van der Waals surface area contributed by atoms with Crippen molar-refractivity contribution >= 4 is 11.6 Å². The lowest BCUT2D eigenvalue weighted by molar-refractivity contribution is 0.654. The number of halogens is 1. The third-order valence-electron chi connectivity index (χ3n) is 2.85. The van der Waals surface area contributed by atoms with Crippen molar-refractivity contribution in [3.8, 4) is 0 Å². The standard InChI is InChI=1S/C13H17ClN4/c1-10-3-4-11(12(14)7-10)8-15-6-5-13-17-16-9-18(13)2/h3-4,7,9,15H,5-6,8H2,1-2H3. The van der Waals surface area contributed by atoms with E-state index < -0.39 is 0 Å². The molecule has 1 heterocycles. The summed E-state index contributed by atoms with van der Waals surface area (Å²) in [5, 5.41) is 12.1. The minimum Gasteiger partial charge on any atom is -0.321 e. The first-order valence-electron chi connectivity index (χ1n) is 5.95. The second kappa shape index (κ2) is 5.98. The van der Waals surface area contributed by atoms with Crippen LogP contribution in [0.2, 0.25) is 5.02 Å². The van der Waals surface area contributed by atoms with Crippen LogP contribution in [0.15, 0.2) is 24.5 Å². The van der Waals surface area contributed by atoms with E-state index in [2.05, 4.69) is 27.6 Å². The van der Waals surface area contributed by atoms with E-state index in [1.807, 2.05) is 24.6 Å². The summed E-state index contributed by atoms with van der Waals surface area (Å²) < 4.78 is 1.93. The fourth-order valence-corrected chi connectivity index (χ4v) is 2.05. The fourth-order valence-electron chi connectivity index (χ4n) is 1.75. The van der Waals surface area contributed by atoms with Crippen LogP contribution in [0.25, 0.3) is 0 Å². The average molecular weight is 265 g/mol. The number of rotatable bonds is 5. The lowest BCUT2D eigenvalue weighted by Gasteiger charge is -2.07. The molecule has 2 aromatic rings. The van der Waals surface area contributed by atoms with Crippen LogP contribution in [0, 0.1) is 6.92 Å². The minimum absolute atomic E-state index is 0.775. The van der Waals surface area contributed by atoms with Crippen molar-refractivity contribution in [2.75, 3.05) is 6.54 Å². The Labute approximate surface area is 112 Å². The maximum absolute atomic E-state index is 6.17. The number of hydrogen-bond donors (Lipinski definition) is 1. The molecule has 0 unspecified atom stereocenters. The molecule has 0 radical (unpaired) electrons. The van der Waals surface area contributed by atoms with Gasteiger partial charge in [0.05, 0.1) is 0 Å². The Morgan fingerprint density at radius 1 is 1.39 bits per heavy atom. The summed E-state index contributed by atoms with van der Waals surface area (Å²) in [6, 6.07) is 6.12. The van der Waals surface area contributed by atoms with E-state index in [1.54, 1.807) is 6.33 Å². The maximum atomic E-state index is 6.17. The summed E-state index contributed by atoms with van der Waals surface area (Å²) in [4.78, 5) is 0. The number of benzene rings is 1. The number of nitrogens with one attached hydrogen (secondary N) is 1. The van der Waals surface area contributed by atoms with Crippen LogP contribution < -0.4 is 5.32 Å². The molecule has 0 bridgehead atoms.